The van der Waals surface area contributed by atoms with Crippen molar-refractivity contribution in [3.63, 3.8) is 0 Å². The average molecular weight is 474 g/mol. The van der Waals surface area contributed by atoms with E-state index in [0.717, 1.165) is 57.8 Å². The van der Waals surface area contributed by atoms with Crippen LogP contribution in [0.15, 0.2) is 11.6 Å². The largest absolute Gasteiger partial charge is 0.452 e. The summed E-state index contributed by atoms with van der Waals surface area (Å²) in [6, 6.07) is 0.112. The first-order valence-electron chi connectivity index (χ1n) is 12.5. The highest BCUT2D eigenvalue weighted by atomic mass is 32.1. The topological polar surface area (TPSA) is 88.6 Å². The zero-order valence-corrected chi connectivity index (χ0v) is 20.5. The summed E-state index contributed by atoms with van der Waals surface area (Å²) in [4.78, 5) is 45.3. The molecule has 0 saturated heterocycles. The van der Waals surface area contributed by atoms with Crippen molar-refractivity contribution >= 4 is 34.3 Å². The molecule has 4 bridgehead atoms. The summed E-state index contributed by atoms with van der Waals surface area (Å²) in [7, 11) is 0. The Balaban J connectivity index is 1.32. The molecule has 5 aliphatic rings. The number of nitrogens with zero attached hydrogens (tertiary/aromatic N) is 2. The average Bonchev–Trinajstić information content (AvgIpc) is 3.27. The van der Waals surface area contributed by atoms with Gasteiger partial charge in [-0.05, 0) is 70.1 Å². The molecule has 1 aromatic heterocycles. The molecule has 7 nitrogen and oxygen atoms in total. The van der Waals surface area contributed by atoms with Gasteiger partial charge in [-0.2, -0.15) is 0 Å². The van der Waals surface area contributed by atoms with Gasteiger partial charge in [0, 0.05) is 30.1 Å². The molecule has 0 aliphatic heterocycles. The van der Waals surface area contributed by atoms with Crippen molar-refractivity contribution in [2.45, 2.75) is 102 Å². The Kier molecular flexibility index (Phi) is 6.00. The zero-order chi connectivity index (χ0) is 23.2. The summed E-state index contributed by atoms with van der Waals surface area (Å²) in [5.41, 5.74) is -0.880. The van der Waals surface area contributed by atoms with E-state index in [-0.39, 0.29) is 29.4 Å². The highest BCUT2D eigenvalue weighted by Crippen LogP contribution is 2.62. The van der Waals surface area contributed by atoms with E-state index >= 15 is 0 Å². The second-order valence-corrected chi connectivity index (χ2v) is 11.9. The van der Waals surface area contributed by atoms with E-state index in [0.29, 0.717) is 23.4 Å². The van der Waals surface area contributed by atoms with E-state index in [1.165, 1.54) is 17.8 Å². The third kappa shape index (κ3) is 4.31. The van der Waals surface area contributed by atoms with Gasteiger partial charge in [-0.25, -0.2) is 4.98 Å². The van der Waals surface area contributed by atoms with Crippen LogP contribution in [-0.4, -0.2) is 40.5 Å². The molecule has 0 aromatic carbocycles. The molecule has 1 N–H and O–H groups in total. The molecule has 0 spiro atoms. The van der Waals surface area contributed by atoms with Gasteiger partial charge in [0.05, 0.1) is 5.41 Å². The number of carbonyl (C=O) groups excluding carboxylic acids is 3. The van der Waals surface area contributed by atoms with Gasteiger partial charge in [0.2, 0.25) is 5.91 Å². The van der Waals surface area contributed by atoms with E-state index in [1.54, 1.807) is 24.9 Å². The molecule has 2 amide bonds. The highest BCUT2D eigenvalue weighted by molar-refractivity contribution is 7.13. The van der Waals surface area contributed by atoms with Crippen LogP contribution in [0, 0.1) is 17.3 Å². The molecule has 1 heterocycles. The van der Waals surface area contributed by atoms with Gasteiger partial charge in [-0.1, -0.05) is 19.3 Å². The van der Waals surface area contributed by atoms with Crippen LogP contribution in [-0.2, 0) is 19.1 Å². The second kappa shape index (κ2) is 8.67. The number of nitrogens with one attached hydrogen (secondary N) is 1. The Labute approximate surface area is 199 Å². The van der Waals surface area contributed by atoms with Crippen molar-refractivity contribution in [1.29, 1.82) is 0 Å². The summed E-state index contributed by atoms with van der Waals surface area (Å²) in [5.74, 6) is 0.411. The van der Waals surface area contributed by atoms with E-state index in [2.05, 4.69) is 10.3 Å². The maximum Gasteiger partial charge on any atom is 0.312 e. The Morgan fingerprint density at radius 2 is 1.85 bits per heavy atom. The van der Waals surface area contributed by atoms with Crippen molar-refractivity contribution in [3.8, 4) is 0 Å². The summed E-state index contributed by atoms with van der Waals surface area (Å²) in [6.45, 7) is 3.26. The number of thiazole rings is 1. The number of carbonyl (C=O) groups is 3. The van der Waals surface area contributed by atoms with Crippen LogP contribution in [0.25, 0.3) is 0 Å². The van der Waals surface area contributed by atoms with Crippen molar-refractivity contribution in [2.24, 2.45) is 17.3 Å². The van der Waals surface area contributed by atoms with Crippen LogP contribution < -0.4 is 10.2 Å². The molecule has 33 heavy (non-hydrogen) atoms. The smallest absolute Gasteiger partial charge is 0.312 e. The Hall–Kier alpha value is -1.96. The number of rotatable bonds is 6. The summed E-state index contributed by atoms with van der Waals surface area (Å²) < 4.78 is 5.95. The monoisotopic (exact) mass is 473 g/mol. The number of aromatic nitrogens is 1. The van der Waals surface area contributed by atoms with Crippen LogP contribution in [0.3, 0.4) is 0 Å². The molecular weight excluding hydrogens is 438 g/mol. The first-order valence-corrected chi connectivity index (χ1v) is 13.4. The molecule has 1 aromatic rings. The van der Waals surface area contributed by atoms with Crippen LogP contribution in [0.4, 0.5) is 5.13 Å². The highest BCUT2D eigenvalue weighted by Gasteiger charge is 2.62. The lowest BCUT2D eigenvalue weighted by atomic mass is 9.47. The summed E-state index contributed by atoms with van der Waals surface area (Å²) in [5, 5.41) is 5.76. The van der Waals surface area contributed by atoms with Crippen LogP contribution >= 0.6 is 11.3 Å². The molecule has 5 saturated carbocycles. The summed E-state index contributed by atoms with van der Waals surface area (Å²) >= 11 is 1.46. The van der Waals surface area contributed by atoms with Gasteiger partial charge in [0.25, 0.3) is 5.91 Å². The number of amides is 2. The minimum Gasteiger partial charge on any atom is -0.452 e. The second-order valence-electron chi connectivity index (χ2n) is 11.1. The van der Waals surface area contributed by atoms with Crippen molar-refractivity contribution in [1.82, 2.24) is 10.3 Å². The number of esters is 1. The zero-order valence-electron chi connectivity index (χ0n) is 19.7. The molecule has 3 unspecified atom stereocenters. The third-order valence-corrected chi connectivity index (χ3v) is 9.14. The van der Waals surface area contributed by atoms with Crippen molar-refractivity contribution in [2.75, 3.05) is 4.90 Å². The fourth-order valence-electron chi connectivity index (χ4n) is 7.66. The molecule has 3 atom stereocenters. The van der Waals surface area contributed by atoms with Crippen molar-refractivity contribution < 1.29 is 19.1 Å². The number of hydrogen-bond donors (Lipinski definition) is 1. The van der Waals surface area contributed by atoms with Crippen LogP contribution in [0.1, 0.15) is 84.5 Å². The lowest BCUT2D eigenvalue weighted by molar-refractivity contribution is -0.181. The molecule has 180 valence electrons. The van der Waals surface area contributed by atoms with Crippen LogP contribution in [0.5, 0.6) is 0 Å². The van der Waals surface area contributed by atoms with E-state index in [1.807, 2.05) is 5.38 Å². The predicted molar refractivity (Wildman–Crippen MR) is 126 cm³/mol. The molecule has 5 fully saturated rings. The van der Waals surface area contributed by atoms with Gasteiger partial charge < -0.3 is 10.1 Å². The fourth-order valence-corrected chi connectivity index (χ4v) is 8.38. The predicted octanol–water partition coefficient (Wildman–Crippen LogP) is 4.22. The Bertz CT molecular complexity index is 897. The van der Waals surface area contributed by atoms with Gasteiger partial charge in [0.1, 0.15) is 0 Å². The van der Waals surface area contributed by atoms with Gasteiger partial charge in [0.15, 0.2) is 11.2 Å². The van der Waals surface area contributed by atoms with E-state index in [4.69, 9.17) is 4.74 Å². The van der Waals surface area contributed by atoms with E-state index < -0.39 is 11.5 Å². The maximum absolute atomic E-state index is 13.6. The minimum absolute atomic E-state index is 0.0319. The molecule has 8 heteroatoms. The lowest BCUT2D eigenvalue weighted by Crippen LogP contribution is -2.65. The standard InChI is InChI=1S/C25H35N3O4S/c1-16(21(30)28(23-26-8-9-33-23)20-6-4-3-5-7-20)32-22(31)24-11-18-10-19(12-24)14-25(13-18,15-24)27-17(2)29/h8-9,16,18-20H,3-7,10-15H2,1-2H3,(H,27,29). The van der Waals surface area contributed by atoms with Crippen molar-refractivity contribution in [3.05, 3.63) is 11.6 Å². The maximum atomic E-state index is 13.6. The number of hydrogen-bond acceptors (Lipinski definition) is 6. The first kappa shape index (κ1) is 22.8. The SMILES string of the molecule is CC(=O)NC12CC3CC(C1)CC(C(=O)OC(C)C(=O)N(c1nccs1)C1CCCCC1)(C3)C2. The molecule has 5 aliphatic carbocycles. The third-order valence-electron chi connectivity index (χ3n) is 8.37. The summed E-state index contributed by atoms with van der Waals surface area (Å²) in [6.07, 6.45) is 11.5. The Morgan fingerprint density at radius 3 is 2.45 bits per heavy atom. The number of anilines is 1. The van der Waals surface area contributed by atoms with Gasteiger partial charge in [-0.3, -0.25) is 19.3 Å². The molecular formula is C25H35N3O4S. The molecule has 6 rings (SSSR count). The van der Waals surface area contributed by atoms with E-state index in [9.17, 15) is 14.4 Å². The van der Waals surface area contributed by atoms with Crippen LogP contribution in [0.2, 0.25) is 0 Å². The van der Waals surface area contributed by atoms with Gasteiger partial charge >= 0.3 is 5.97 Å². The minimum atomic E-state index is -0.854. The first-order chi connectivity index (χ1) is 15.8. The fraction of sp³-hybridized carbons (Fsp3) is 0.760. The van der Waals surface area contributed by atoms with Gasteiger partial charge in [-0.15, -0.1) is 11.3 Å². The quantitative estimate of drug-likeness (QED) is 0.625. The normalized spacial score (nSPS) is 34.0. The molecule has 0 radical (unpaired) electrons. The lowest BCUT2D eigenvalue weighted by Gasteiger charge is -2.60. The number of ether oxygens (including phenoxy) is 1. The Morgan fingerprint density at radius 1 is 1.15 bits per heavy atom.